The second-order valence-corrected chi connectivity index (χ2v) is 9.33. The van der Waals surface area contributed by atoms with E-state index in [1.807, 2.05) is 6.92 Å². The number of rotatable bonds is 4. The van der Waals surface area contributed by atoms with Crippen LogP contribution in [0, 0.1) is 19.7 Å². The quantitative estimate of drug-likeness (QED) is 0.444. The number of nitrogens with two attached hydrogens (primary N) is 1. The van der Waals surface area contributed by atoms with Gasteiger partial charge in [-0.15, -0.1) is 10.2 Å². The van der Waals surface area contributed by atoms with Crippen LogP contribution in [0.25, 0.3) is 11.5 Å². The maximum absolute atomic E-state index is 13.5. The van der Waals surface area contributed by atoms with Crippen LogP contribution in [-0.2, 0) is 18.3 Å². The van der Waals surface area contributed by atoms with Gasteiger partial charge in [-0.2, -0.15) is 0 Å². The van der Waals surface area contributed by atoms with Crippen LogP contribution in [0.5, 0.6) is 0 Å². The predicted octanol–water partition coefficient (Wildman–Crippen LogP) is 5.66. The Kier molecular flexibility index (Phi) is 5.37. The zero-order valence-electron chi connectivity index (χ0n) is 19.2. The summed E-state index contributed by atoms with van der Waals surface area (Å²) in [6, 6.07) is 19.2. The Labute approximate surface area is 193 Å². The Balaban J connectivity index is 1.80. The van der Waals surface area contributed by atoms with E-state index in [9.17, 15) is 4.39 Å². The van der Waals surface area contributed by atoms with Gasteiger partial charge in [-0.3, -0.25) is 0 Å². The van der Waals surface area contributed by atoms with Crippen molar-refractivity contribution >= 4 is 0 Å². The molecule has 0 spiro atoms. The van der Waals surface area contributed by atoms with E-state index < -0.39 is 5.41 Å². The first-order chi connectivity index (χ1) is 15.9. The number of hydrogen-bond donors (Lipinski definition) is 1. The first-order valence-electron chi connectivity index (χ1n) is 11.4. The summed E-state index contributed by atoms with van der Waals surface area (Å²) in [5, 5.41) is 8.96. The first kappa shape index (κ1) is 21.5. The minimum atomic E-state index is -0.665. The summed E-state index contributed by atoms with van der Waals surface area (Å²) in [5.41, 5.74) is 13.9. The molecule has 1 heterocycles. The minimum Gasteiger partial charge on any atom is -0.419 e. The molecule has 33 heavy (non-hydrogen) atoms. The Hall–Kier alpha value is -3.31. The fourth-order valence-electron chi connectivity index (χ4n) is 5.23. The zero-order valence-corrected chi connectivity index (χ0v) is 19.2. The third kappa shape index (κ3) is 3.76. The van der Waals surface area contributed by atoms with Gasteiger partial charge in [0.15, 0.2) is 0 Å². The van der Waals surface area contributed by atoms with Gasteiger partial charge >= 0.3 is 0 Å². The van der Waals surface area contributed by atoms with Crippen LogP contribution < -0.4 is 5.73 Å². The van der Waals surface area contributed by atoms with E-state index in [2.05, 4.69) is 60.4 Å². The highest BCUT2D eigenvalue weighted by Crippen LogP contribution is 2.48. The number of aromatic nitrogens is 2. The summed E-state index contributed by atoms with van der Waals surface area (Å²) in [6.07, 6.45) is 2.50. The van der Waals surface area contributed by atoms with Crippen LogP contribution in [0.3, 0.4) is 0 Å². The third-order valence-corrected chi connectivity index (χ3v) is 6.61. The lowest BCUT2D eigenvalue weighted by Crippen LogP contribution is -2.37. The number of nitrogens with zero attached hydrogens (tertiary/aromatic N) is 2. The van der Waals surface area contributed by atoms with E-state index >= 15 is 0 Å². The smallest absolute Gasteiger partial charge is 0.247 e. The molecule has 3 aromatic carbocycles. The summed E-state index contributed by atoms with van der Waals surface area (Å²) in [5.74, 6) is 0.598. The molecule has 4 nitrogen and oxygen atoms in total. The Morgan fingerprint density at radius 3 is 2.03 bits per heavy atom. The molecule has 0 fully saturated rings. The lowest BCUT2D eigenvalue weighted by molar-refractivity contribution is 0.380. The molecule has 0 aliphatic heterocycles. The van der Waals surface area contributed by atoms with Gasteiger partial charge in [0.05, 0.1) is 0 Å². The fourth-order valence-corrected chi connectivity index (χ4v) is 5.23. The molecule has 1 aliphatic rings. The fraction of sp³-hybridized carbons (Fsp3) is 0.286. The van der Waals surface area contributed by atoms with Crippen LogP contribution >= 0.6 is 0 Å². The Morgan fingerprint density at radius 1 is 0.909 bits per heavy atom. The van der Waals surface area contributed by atoms with E-state index in [1.54, 1.807) is 12.1 Å². The van der Waals surface area contributed by atoms with Crippen LogP contribution in [0.1, 0.15) is 52.6 Å². The average molecular weight is 442 g/mol. The number of hydrogen-bond acceptors (Lipinski definition) is 4. The largest absolute Gasteiger partial charge is 0.419 e. The standard InChI is InChI=1S/C28H28FN3O/c1-17-4-12-24-21(14-17)6-7-22-15-18(2)5-13-25(22)28(24,16-19(3)30)27-32-31-26(33-27)20-8-10-23(29)11-9-20/h4-5,8-15,19H,6-7,16,30H2,1-3H3/t19-/m0/s1. The maximum atomic E-state index is 13.5. The average Bonchev–Trinajstić information content (AvgIpc) is 3.23. The molecule has 1 aliphatic carbocycles. The molecular formula is C28H28FN3O. The summed E-state index contributed by atoms with van der Waals surface area (Å²) in [7, 11) is 0. The maximum Gasteiger partial charge on any atom is 0.247 e. The first-order valence-corrected chi connectivity index (χ1v) is 11.4. The predicted molar refractivity (Wildman–Crippen MR) is 128 cm³/mol. The van der Waals surface area contributed by atoms with Crippen molar-refractivity contribution in [3.63, 3.8) is 0 Å². The van der Waals surface area contributed by atoms with Gasteiger partial charge in [0.1, 0.15) is 11.2 Å². The second kappa shape index (κ2) is 8.23. The Morgan fingerprint density at radius 2 is 1.48 bits per heavy atom. The normalized spacial score (nSPS) is 15.4. The van der Waals surface area contributed by atoms with Crippen molar-refractivity contribution < 1.29 is 8.81 Å². The van der Waals surface area contributed by atoms with Crippen LogP contribution in [0.15, 0.2) is 65.1 Å². The molecule has 2 N–H and O–H groups in total. The molecule has 4 aromatic rings. The topological polar surface area (TPSA) is 64.9 Å². The summed E-state index contributed by atoms with van der Waals surface area (Å²) in [4.78, 5) is 0. The molecule has 1 atom stereocenters. The number of fused-ring (bicyclic) bond motifs is 2. The lowest BCUT2D eigenvalue weighted by atomic mass is 9.68. The van der Waals surface area contributed by atoms with Crippen molar-refractivity contribution in [1.82, 2.24) is 10.2 Å². The highest BCUT2D eigenvalue weighted by molar-refractivity contribution is 5.57. The minimum absolute atomic E-state index is 0.104. The van der Waals surface area contributed by atoms with E-state index in [0.717, 1.165) is 12.8 Å². The molecule has 0 saturated heterocycles. The third-order valence-electron chi connectivity index (χ3n) is 6.61. The summed E-state index contributed by atoms with van der Waals surface area (Å²) < 4.78 is 19.8. The van der Waals surface area contributed by atoms with Crippen molar-refractivity contribution in [1.29, 1.82) is 0 Å². The van der Waals surface area contributed by atoms with Gasteiger partial charge in [0.25, 0.3) is 0 Å². The van der Waals surface area contributed by atoms with Crippen LogP contribution in [-0.4, -0.2) is 16.2 Å². The highest BCUT2D eigenvalue weighted by atomic mass is 19.1. The number of benzene rings is 3. The molecule has 168 valence electrons. The monoisotopic (exact) mass is 441 g/mol. The zero-order chi connectivity index (χ0) is 23.2. The van der Waals surface area contributed by atoms with Crippen molar-refractivity contribution in [2.45, 2.75) is 51.5 Å². The van der Waals surface area contributed by atoms with Gasteiger partial charge in [0.2, 0.25) is 11.8 Å². The molecule has 0 unspecified atom stereocenters. The SMILES string of the molecule is Cc1ccc2c(c1)CCc1cc(C)ccc1C2(C[C@H](C)N)c1nnc(-c2ccc(F)cc2)o1. The molecule has 5 rings (SSSR count). The Bertz CT molecular complexity index is 1250. The molecule has 0 bridgehead atoms. The molecule has 0 radical (unpaired) electrons. The summed E-state index contributed by atoms with van der Waals surface area (Å²) in [6.45, 7) is 6.26. The summed E-state index contributed by atoms with van der Waals surface area (Å²) >= 11 is 0. The van der Waals surface area contributed by atoms with Gasteiger partial charge in [-0.1, -0.05) is 47.5 Å². The molecule has 1 aromatic heterocycles. The second-order valence-electron chi connectivity index (χ2n) is 9.33. The number of aryl methyl sites for hydroxylation is 4. The molecule has 5 heteroatoms. The van der Waals surface area contributed by atoms with Gasteiger partial charge < -0.3 is 10.2 Å². The number of halogens is 1. The van der Waals surface area contributed by atoms with Crippen molar-refractivity contribution in [2.75, 3.05) is 0 Å². The molecular weight excluding hydrogens is 413 g/mol. The molecule has 0 amide bonds. The highest BCUT2D eigenvalue weighted by Gasteiger charge is 2.46. The van der Waals surface area contributed by atoms with Crippen LogP contribution in [0.2, 0.25) is 0 Å². The van der Waals surface area contributed by atoms with E-state index in [1.165, 1.54) is 45.5 Å². The van der Waals surface area contributed by atoms with Crippen molar-refractivity contribution in [3.8, 4) is 11.5 Å². The molecule has 0 saturated carbocycles. The van der Waals surface area contributed by atoms with E-state index in [4.69, 9.17) is 10.2 Å². The van der Waals surface area contributed by atoms with E-state index in [-0.39, 0.29) is 11.9 Å². The lowest BCUT2D eigenvalue weighted by Gasteiger charge is -2.35. The van der Waals surface area contributed by atoms with Crippen LogP contribution in [0.4, 0.5) is 4.39 Å². The van der Waals surface area contributed by atoms with Gasteiger partial charge in [-0.05, 0) is 86.6 Å². The van der Waals surface area contributed by atoms with Gasteiger partial charge in [-0.25, -0.2) is 4.39 Å². The van der Waals surface area contributed by atoms with Crippen molar-refractivity contribution in [3.05, 3.63) is 106 Å². The van der Waals surface area contributed by atoms with Crippen molar-refractivity contribution in [2.24, 2.45) is 5.73 Å². The van der Waals surface area contributed by atoms with E-state index in [0.29, 0.717) is 23.8 Å². The van der Waals surface area contributed by atoms with Gasteiger partial charge in [0, 0.05) is 11.6 Å².